The monoisotopic (exact) mass is 541 g/mol. The Kier molecular flexibility index (Phi) is 7.77. The fraction of sp³-hybridized carbons (Fsp3) is 0.409. The van der Waals surface area contributed by atoms with Crippen molar-refractivity contribution >= 4 is 5.95 Å². The van der Waals surface area contributed by atoms with E-state index in [4.69, 9.17) is 0 Å². The summed E-state index contributed by atoms with van der Waals surface area (Å²) >= 11 is 0. The van der Waals surface area contributed by atoms with Crippen molar-refractivity contribution in [1.29, 1.82) is 0 Å². The van der Waals surface area contributed by atoms with Gasteiger partial charge in [-0.05, 0) is 58.7 Å². The minimum atomic E-state index is -5.09. The standard InChI is InChI=1S/C22H20F9N5O/c1-3-18(37)17-5-4-14(20(23,24)25)8-13(17)11-36(19-32-34-35(2)33-19)10-12-6-15(21(26,27)28)9-16(7-12)22(29,30)31/h4-9,18,37H,3,10-11H2,1-2H3. The summed E-state index contributed by atoms with van der Waals surface area (Å²) < 4.78 is 120. The maximum atomic E-state index is 13.4. The second kappa shape index (κ2) is 10.2. The van der Waals surface area contributed by atoms with E-state index in [1.807, 2.05) is 0 Å². The maximum absolute atomic E-state index is 13.4. The van der Waals surface area contributed by atoms with Gasteiger partial charge >= 0.3 is 18.5 Å². The van der Waals surface area contributed by atoms with Crippen LogP contribution in [0.4, 0.5) is 45.5 Å². The van der Waals surface area contributed by atoms with E-state index in [1.165, 1.54) is 7.05 Å². The van der Waals surface area contributed by atoms with Crippen LogP contribution in [0, 0.1) is 0 Å². The Balaban J connectivity index is 2.12. The van der Waals surface area contributed by atoms with Crippen molar-refractivity contribution in [1.82, 2.24) is 20.2 Å². The molecule has 15 heteroatoms. The highest BCUT2D eigenvalue weighted by Gasteiger charge is 2.37. The summed E-state index contributed by atoms with van der Waals surface area (Å²) in [5, 5.41) is 21.5. The molecule has 6 nitrogen and oxygen atoms in total. The van der Waals surface area contributed by atoms with E-state index in [9.17, 15) is 44.6 Å². The molecule has 1 unspecified atom stereocenters. The van der Waals surface area contributed by atoms with Gasteiger partial charge in [0.05, 0.1) is 29.8 Å². The highest BCUT2D eigenvalue weighted by Crippen LogP contribution is 2.37. The van der Waals surface area contributed by atoms with E-state index < -0.39 is 60.0 Å². The Morgan fingerprint density at radius 2 is 1.41 bits per heavy atom. The van der Waals surface area contributed by atoms with E-state index in [0.717, 1.165) is 27.9 Å². The highest BCUT2D eigenvalue weighted by molar-refractivity contribution is 5.41. The molecule has 0 aliphatic carbocycles. The molecule has 3 aromatic rings. The number of nitrogens with zero attached hydrogens (tertiary/aromatic N) is 5. The third-order valence-corrected chi connectivity index (χ3v) is 5.38. The van der Waals surface area contributed by atoms with Crippen LogP contribution in [0.1, 0.15) is 52.8 Å². The number of aryl methyl sites for hydroxylation is 1. The number of rotatable bonds is 7. The number of halogens is 9. The third-order valence-electron chi connectivity index (χ3n) is 5.38. The average molecular weight is 541 g/mol. The molecule has 0 bridgehead atoms. The van der Waals surface area contributed by atoms with E-state index in [1.54, 1.807) is 6.92 Å². The van der Waals surface area contributed by atoms with Crippen LogP contribution in [0.25, 0.3) is 0 Å². The quantitative estimate of drug-likeness (QED) is 0.377. The Morgan fingerprint density at radius 3 is 1.86 bits per heavy atom. The van der Waals surface area contributed by atoms with Gasteiger partial charge in [0.25, 0.3) is 5.95 Å². The number of aliphatic hydroxyl groups excluding tert-OH is 1. The van der Waals surface area contributed by atoms with Crippen molar-refractivity contribution < 1.29 is 44.6 Å². The predicted molar refractivity (Wildman–Crippen MR) is 112 cm³/mol. The normalized spacial score (nSPS) is 13.6. The van der Waals surface area contributed by atoms with Crippen LogP contribution in [0.2, 0.25) is 0 Å². The van der Waals surface area contributed by atoms with E-state index in [2.05, 4.69) is 15.4 Å². The lowest BCUT2D eigenvalue weighted by molar-refractivity contribution is -0.143. The molecule has 1 aromatic heterocycles. The average Bonchev–Trinajstić information content (AvgIpc) is 3.22. The first-order valence-corrected chi connectivity index (χ1v) is 10.6. The van der Waals surface area contributed by atoms with Gasteiger partial charge in [-0.3, -0.25) is 0 Å². The fourth-order valence-corrected chi connectivity index (χ4v) is 3.60. The zero-order chi connectivity index (χ0) is 27.8. The zero-order valence-electron chi connectivity index (χ0n) is 19.2. The summed E-state index contributed by atoms with van der Waals surface area (Å²) in [6.07, 6.45) is -16.0. The van der Waals surface area contributed by atoms with Crippen molar-refractivity contribution in [2.75, 3.05) is 4.90 Å². The number of hydrogen-bond donors (Lipinski definition) is 1. The molecule has 1 heterocycles. The SMILES string of the molecule is CCC(O)c1ccc(C(F)(F)F)cc1CN(Cc1cc(C(F)(F)F)cc(C(F)(F)F)c1)c1nnn(C)n1. The minimum absolute atomic E-state index is 0.0308. The molecule has 1 N–H and O–H groups in total. The van der Waals surface area contributed by atoms with Gasteiger partial charge in [0.1, 0.15) is 0 Å². The Morgan fingerprint density at radius 1 is 0.838 bits per heavy atom. The lowest BCUT2D eigenvalue weighted by atomic mass is 9.97. The van der Waals surface area contributed by atoms with Gasteiger partial charge in [-0.2, -0.15) is 44.3 Å². The van der Waals surface area contributed by atoms with Gasteiger partial charge in [-0.25, -0.2) is 0 Å². The molecule has 37 heavy (non-hydrogen) atoms. The van der Waals surface area contributed by atoms with Crippen LogP contribution in [-0.2, 0) is 38.7 Å². The molecule has 0 aliphatic rings. The molecule has 0 amide bonds. The first kappa shape index (κ1) is 28.2. The maximum Gasteiger partial charge on any atom is 0.416 e. The second-order valence-electron chi connectivity index (χ2n) is 8.18. The summed E-state index contributed by atoms with van der Waals surface area (Å²) in [7, 11) is 1.34. The summed E-state index contributed by atoms with van der Waals surface area (Å²) in [4.78, 5) is 2.04. The van der Waals surface area contributed by atoms with Gasteiger partial charge in [-0.1, -0.05) is 18.1 Å². The van der Waals surface area contributed by atoms with Crippen LogP contribution in [-0.4, -0.2) is 25.3 Å². The zero-order valence-corrected chi connectivity index (χ0v) is 19.2. The molecule has 3 rings (SSSR count). The summed E-state index contributed by atoms with van der Waals surface area (Å²) in [5.74, 6) is -0.261. The molecule has 0 fully saturated rings. The predicted octanol–water partition coefficient (Wildman–Crippen LogP) is 5.92. The van der Waals surface area contributed by atoms with Crippen molar-refractivity contribution in [2.45, 2.75) is 51.1 Å². The molecule has 202 valence electrons. The van der Waals surface area contributed by atoms with Crippen LogP contribution in [0.3, 0.4) is 0 Å². The van der Waals surface area contributed by atoms with Crippen LogP contribution >= 0.6 is 0 Å². The van der Waals surface area contributed by atoms with Gasteiger partial charge in [-0.15, -0.1) is 5.10 Å². The minimum Gasteiger partial charge on any atom is -0.388 e. The van der Waals surface area contributed by atoms with Crippen LogP contribution in [0.15, 0.2) is 36.4 Å². The Bertz CT molecular complexity index is 1200. The topological polar surface area (TPSA) is 67.1 Å². The van der Waals surface area contributed by atoms with Gasteiger partial charge < -0.3 is 10.0 Å². The Labute approximate surface area is 204 Å². The number of benzene rings is 2. The molecular formula is C22H20F9N5O. The van der Waals surface area contributed by atoms with Crippen molar-refractivity contribution in [2.24, 2.45) is 7.05 Å². The number of aliphatic hydroxyl groups is 1. The van der Waals surface area contributed by atoms with Gasteiger partial charge in [0.15, 0.2) is 0 Å². The fourth-order valence-electron chi connectivity index (χ4n) is 3.60. The van der Waals surface area contributed by atoms with Crippen molar-refractivity contribution in [3.05, 3.63) is 69.8 Å². The van der Waals surface area contributed by atoms with Crippen LogP contribution in [0.5, 0.6) is 0 Å². The van der Waals surface area contributed by atoms with Gasteiger partial charge in [0.2, 0.25) is 0 Å². The van der Waals surface area contributed by atoms with E-state index in [-0.39, 0.29) is 29.6 Å². The number of hydrogen-bond acceptors (Lipinski definition) is 5. The lowest BCUT2D eigenvalue weighted by Gasteiger charge is -2.25. The first-order chi connectivity index (χ1) is 17.0. The van der Waals surface area contributed by atoms with Crippen molar-refractivity contribution in [3.63, 3.8) is 0 Å². The molecule has 0 aliphatic heterocycles. The lowest BCUT2D eigenvalue weighted by Crippen LogP contribution is -2.26. The Hall–Kier alpha value is -3.36. The molecule has 0 spiro atoms. The molecule has 0 saturated heterocycles. The second-order valence-corrected chi connectivity index (χ2v) is 8.18. The molecular weight excluding hydrogens is 521 g/mol. The summed E-state index contributed by atoms with van der Waals surface area (Å²) in [5.41, 5.74) is -4.57. The van der Waals surface area contributed by atoms with E-state index in [0.29, 0.717) is 12.1 Å². The summed E-state index contributed by atoms with van der Waals surface area (Å²) in [6.45, 7) is 0.450. The number of alkyl halides is 9. The molecule has 0 saturated carbocycles. The number of anilines is 1. The number of aromatic nitrogens is 4. The smallest absolute Gasteiger partial charge is 0.388 e. The molecule has 1 atom stereocenters. The number of tetrazole rings is 1. The third kappa shape index (κ3) is 6.90. The van der Waals surface area contributed by atoms with Gasteiger partial charge in [0, 0.05) is 13.1 Å². The molecule has 2 aromatic carbocycles. The molecule has 0 radical (unpaired) electrons. The first-order valence-electron chi connectivity index (χ1n) is 10.6. The van der Waals surface area contributed by atoms with E-state index >= 15 is 0 Å². The van der Waals surface area contributed by atoms with Crippen LogP contribution < -0.4 is 4.90 Å². The summed E-state index contributed by atoms with van der Waals surface area (Å²) in [6, 6.07) is 3.58. The van der Waals surface area contributed by atoms with Crippen molar-refractivity contribution in [3.8, 4) is 0 Å². The highest BCUT2D eigenvalue weighted by atomic mass is 19.4. The largest absolute Gasteiger partial charge is 0.416 e.